The Hall–Kier alpha value is -3.38. The molecule has 5 rings (SSSR count). The van der Waals surface area contributed by atoms with Gasteiger partial charge in [-0.25, -0.2) is 0 Å². The molecule has 1 N–H and O–H groups in total. The summed E-state index contributed by atoms with van der Waals surface area (Å²) in [6.45, 7) is 2.30. The van der Waals surface area contributed by atoms with Gasteiger partial charge in [-0.15, -0.1) is 0 Å². The van der Waals surface area contributed by atoms with E-state index >= 15 is 0 Å². The number of hydrogen-bond acceptors (Lipinski definition) is 3. The quantitative estimate of drug-likeness (QED) is 0.583. The minimum absolute atomic E-state index is 0.00849. The van der Waals surface area contributed by atoms with E-state index in [-0.39, 0.29) is 12.0 Å². The standard InChI is InChI=1S/C23H22N4O2/c28-23(22-11-18-6-1-2-8-21(18)25-22)27-13-19-7-4-10-26(19)14-20(15-27)29-16-17-5-3-9-24-12-17/h1-12,20,25H,13-16H2/t20-/m0/s1. The first kappa shape index (κ1) is 17.7. The van der Waals surface area contributed by atoms with Crippen molar-refractivity contribution in [1.29, 1.82) is 0 Å². The molecule has 1 amide bonds. The third kappa shape index (κ3) is 3.67. The van der Waals surface area contributed by atoms with E-state index in [4.69, 9.17) is 4.74 Å². The molecule has 4 heterocycles. The Morgan fingerprint density at radius 3 is 2.93 bits per heavy atom. The monoisotopic (exact) mass is 386 g/mol. The molecule has 1 aliphatic rings. The van der Waals surface area contributed by atoms with Crippen molar-refractivity contribution >= 4 is 16.8 Å². The highest BCUT2D eigenvalue weighted by atomic mass is 16.5. The number of rotatable bonds is 4. The van der Waals surface area contributed by atoms with Gasteiger partial charge in [0.1, 0.15) is 5.69 Å². The Kier molecular flexibility index (Phi) is 4.62. The molecule has 6 heteroatoms. The van der Waals surface area contributed by atoms with Gasteiger partial charge < -0.3 is 19.2 Å². The van der Waals surface area contributed by atoms with E-state index in [1.807, 2.05) is 65.8 Å². The smallest absolute Gasteiger partial charge is 0.270 e. The maximum Gasteiger partial charge on any atom is 0.270 e. The number of amides is 1. The summed E-state index contributed by atoms with van der Waals surface area (Å²) < 4.78 is 8.36. The third-order valence-electron chi connectivity index (χ3n) is 5.36. The van der Waals surface area contributed by atoms with Gasteiger partial charge in [-0.1, -0.05) is 24.3 Å². The normalized spacial score (nSPS) is 16.6. The van der Waals surface area contributed by atoms with Crippen molar-refractivity contribution in [2.75, 3.05) is 6.54 Å². The predicted octanol–water partition coefficient (Wildman–Crippen LogP) is 3.61. The second-order valence-corrected chi connectivity index (χ2v) is 7.40. The maximum absolute atomic E-state index is 13.3. The summed E-state index contributed by atoms with van der Waals surface area (Å²) >= 11 is 0. The molecule has 0 unspecified atom stereocenters. The summed E-state index contributed by atoms with van der Waals surface area (Å²) in [6.07, 6.45) is 5.51. The van der Waals surface area contributed by atoms with Crippen LogP contribution in [0.4, 0.5) is 0 Å². The Morgan fingerprint density at radius 2 is 2.07 bits per heavy atom. The van der Waals surface area contributed by atoms with Gasteiger partial charge in [0.15, 0.2) is 0 Å². The summed E-state index contributed by atoms with van der Waals surface area (Å²) in [4.78, 5) is 22.6. The molecule has 4 aromatic rings. The van der Waals surface area contributed by atoms with Gasteiger partial charge in [0.2, 0.25) is 0 Å². The van der Waals surface area contributed by atoms with Crippen molar-refractivity contribution in [2.45, 2.75) is 25.8 Å². The first-order chi connectivity index (χ1) is 14.3. The number of hydrogen-bond donors (Lipinski definition) is 1. The van der Waals surface area contributed by atoms with E-state index in [9.17, 15) is 4.79 Å². The number of carbonyl (C=O) groups excluding carboxylic acids is 1. The van der Waals surface area contributed by atoms with Crippen LogP contribution >= 0.6 is 0 Å². The number of pyridine rings is 1. The minimum Gasteiger partial charge on any atom is -0.370 e. The molecule has 0 saturated heterocycles. The molecule has 0 bridgehead atoms. The number of aromatic amines is 1. The average molecular weight is 386 g/mol. The van der Waals surface area contributed by atoms with Crippen LogP contribution < -0.4 is 0 Å². The second kappa shape index (κ2) is 7.56. The van der Waals surface area contributed by atoms with Gasteiger partial charge in [-0.05, 0) is 35.9 Å². The van der Waals surface area contributed by atoms with E-state index in [1.165, 1.54) is 0 Å². The lowest BCUT2D eigenvalue weighted by atomic mass is 10.2. The fourth-order valence-electron chi connectivity index (χ4n) is 3.87. The zero-order valence-corrected chi connectivity index (χ0v) is 16.0. The third-order valence-corrected chi connectivity index (χ3v) is 5.36. The zero-order chi connectivity index (χ0) is 19.6. The van der Waals surface area contributed by atoms with Crippen molar-refractivity contribution in [3.63, 3.8) is 0 Å². The Bertz CT molecular complexity index is 1100. The van der Waals surface area contributed by atoms with Crippen molar-refractivity contribution in [3.05, 3.63) is 90.1 Å². The van der Waals surface area contributed by atoms with Gasteiger partial charge in [0.05, 0.1) is 25.8 Å². The Morgan fingerprint density at radius 1 is 1.14 bits per heavy atom. The Labute approximate surface area is 168 Å². The van der Waals surface area contributed by atoms with Crippen molar-refractivity contribution < 1.29 is 9.53 Å². The molecule has 0 radical (unpaired) electrons. The molecule has 1 aliphatic heterocycles. The topological polar surface area (TPSA) is 63.2 Å². The van der Waals surface area contributed by atoms with Gasteiger partial charge >= 0.3 is 0 Å². The largest absolute Gasteiger partial charge is 0.370 e. The van der Waals surface area contributed by atoms with Crippen molar-refractivity contribution in [1.82, 2.24) is 19.4 Å². The number of carbonyl (C=O) groups is 1. The van der Waals surface area contributed by atoms with Gasteiger partial charge in [0, 0.05) is 41.7 Å². The van der Waals surface area contributed by atoms with Gasteiger partial charge in [0.25, 0.3) is 5.91 Å². The molecule has 0 spiro atoms. The Balaban J connectivity index is 1.38. The summed E-state index contributed by atoms with van der Waals surface area (Å²) in [6, 6.07) is 17.8. The molecule has 0 saturated carbocycles. The van der Waals surface area contributed by atoms with Crippen molar-refractivity contribution in [2.24, 2.45) is 0 Å². The summed E-state index contributed by atoms with van der Waals surface area (Å²) in [5.74, 6) is -0.00849. The van der Waals surface area contributed by atoms with Crippen LogP contribution in [0.1, 0.15) is 21.7 Å². The zero-order valence-electron chi connectivity index (χ0n) is 16.0. The van der Waals surface area contributed by atoms with Crippen LogP contribution in [0.2, 0.25) is 0 Å². The summed E-state index contributed by atoms with van der Waals surface area (Å²) in [5, 5.41) is 1.04. The van der Waals surface area contributed by atoms with Crippen LogP contribution in [0.5, 0.6) is 0 Å². The molecule has 146 valence electrons. The number of para-hydroxylation sites is 1. The fraction of sp³-hybridized carbons (Fsp3) is 0.217. The molecule has 6 nitrogen and oxygen atoms in total. The first-order valence-electron chi connectivity index (χ1n) is 9.78. The first-order valence-corrected chi connectivity index (χ1v) is 9.78. The van der Waals surface area contributed by atoms with Crippen LogP contribution in [0.15, 0.2) is 73.2 Å². The number of fused-ring (bicyclic) bond motifs is 2. The number of benzene rings is 1. The molecular formula is C23H22N4O2. The van der Waals surface area contributed by atoms with Crippen LogP contribution in [0, 0.1) is 0 Å². The SMILES string of the molecule is O=C(c1cc2ccccc2[nH]1)N1Cc2cccn2C[C@H](OCc2cccnc2)C1. The average Bonchev–Trinajstić information content (AvgIpc) is 3.34. The number of aromatic nitrogens is 3. The van der Waals surface area contributed by atoms with E-state index < -0.39 is 0 Å². The van der Waals surface area contributed by atoms with Crippen LogP contribution in [-0.4, -0.2) is 38.0 Å². The van der Waals surface area contributed by atoms with Crippen LogP contribution in [0.25, 0.3) is 10.9 Å². The summed E-state index contributed by atoms with van der Waals surface area (Å²) in [7, 11) is 0. The summed E-state index contributed by atoms with van der Waals surface area (Å²) in [5.41, 5.74) is 3.72. The van der Waals surface area contributed by atoms with Gasteiger partial charge in [-0.2, -0.15) is 0 Å². The molecule has 0 fully saturated rings. The number of ether oxygens (including phenoxy) is 1. The number of nitrogens with one attached hydrogen (secondary N) is 1. The second-order valence-electron chi connectivity index (χ2n) is 7.40. The molecule has 29 heavy (non-hydrogen) atoms. The highest BCUT2D eigenvalue weighted by molar-refractivity contribution is 5.98. The lowest BCUT2D eigenvalue weighted by molar-refractivity contribution is 0.0103. The molecule has 1 aromatic carbocycles. The van der Waals surface area contributed by atoms with E-state index in [0.717, 1.165) is 28.7 Å². The molecule has 1 atom stereocenters. The molecular weight excluding hydrogens is 364 g/mol. The fourth-order valence-corrected chi connectivity index (χ4v) is 3.87. The van der Waals surface area contributed by atoms with Crippen LogP contribution in [0.3, 0.4) is 0 Å². The maximum atomic E-state index is 13.3. The molecule has 3 aromatic heterocycles. The predicted molar refractivity (Wildman–Crippen MR) is 110 cm³/mol. The van der Waals surface area contributed by atoms with Gasteiger partial charge in [-0.3, -0.25) is 9.78 Å². The van der Waals surface area contributed by atoms with E-state index in [0.29, 0.717) is 25.4 Å². The molecule has 0 aliphatic carbocycles. The van der Waals surface area contributed by atoms with E-state index in [2.05, 4.69) is 20.6 Å². The van der Waals surface area contributed by atoms with E-state index in [1.54, 1.807) is 6.20 Å². The minimum atomic E-state index is -0.0998. The number of H-pyrrole nitrogens is 1. The van der Waals surface area contributed by atoms with Crippen molar-refractivity contribution in [3.8, 4) is 0 Å². The number of nitrogens with zero attached hydrogens (tertiary/aromatic N) is 3. The van der Waals surface area contributed by atoms with Crippen LogP contribution in [-0.2, 0) is 24.4 Å². The lowest BCUT2D eigenvalue weighted by Gasteiger charge is -2.24. The highest BCUT2D eigenvalue weighted by Gasteiger charge is 2.27. The lowest BCUT2D eigenvalue weighted by Crippen LogP contribution is -2.37. The highest BCUT2D eigenvalue weighted by Crippen LogP contribution is 2.21.